The monoisotopic (exact) mass is 239 g/mol. The quantitative estimate of drug-likeness (QED) is 0.860. The Labute approximate surface area is 101 Å². The zero-order chi connectivity index (χ0) is 13.1. The van der Waals surface area contributed by atoms with Gasteiger partial charge in [0.15, 0.2) is 0 Å². The van der Waals surface area contributed by atoms with E-state index >= 15 is 0 Å². The summed E-state index contributed by atoms with van der Waals surface area (Å²) in [6, 6.07) is 5.08. The molecule has 1 rings (SSSR count). The number of aryl methyl sites for hydroxylation is 1. The van der Waals surface area contributed by atoms with E-state index in [2.05, 4.69) is 5.32 Å². The maximum absolute atomic E-state index is 13.6. The molecule has 0 aromatic heterocycles. The topological polar surface area (TPSA) is 38.3 Å². The molecular weight excluding hydrogens is 221 g/mol. The lowest BCUT2D eigenvalue weighted by molar-refractivity contribution is 0.0523. The zero-order valence-corrected chi connectivity index (χ0v) is 10.6. The van der Waals surface area contributed by atoms with Crippen molar-refractivity contribution in [3.05, 3.63) is 35.1 Å². The highest BCUT2D eigenvalue weighted by molar-refractivity contribution is 5.67. The van der Waals surface area contributed by atoms with Gasteiger partial charge in [-0.1, -0.05) is 18.2 Å². The molecule has 1 N–H and O–H groups in total. The van der Waals surface area contributed by atoms with Crippen molar-refractivity contribution in [2.24, 2.45) is 0 Å². The third kappa shape index (κ3) is 4.43. The average Bonchev–Trinajstić information content (AvgIpc) is 2.18. The summed E-state index contributed by atoms with van der Waals surface area (Å²) in [4.78, 5) is 11.4. The van der Waals surface area contributed by atoms with Crippen LogP contribution >= 0.6 is 0 Å². The lowest BCUT2D eigenvalue weighted by Gasteiger charge is -2.19. The minimum Gasteiger partial charge on any atom is -0.444 e. The molecular formula is C13H18FNO2. The molecule has 0 aliphatic rings. The fourth-order valence-electron chi connectivity index (χ4n) is 1.33. The number of rotatable bonds is 2. The van der Waals surface area contributed by atoms with E-state index in [1.54, 1.807) is 45.9 Å². The normalized spacial score (nSPS) is 11.1. The highest BCUT2D eigenvalue weighted by Crippen LogP contribution is 2.12. The number of halogens is 1. The van der Waals surface area contributed by atoms with Gasteiger partial charge in [0.2, 0.25) is 0 Å². The molecule has 0 aliphatic carbocycles. The van der Waals surface area contributed by atoms with Crippen LogP contribution in [0.1, 0.15) is 31.9 Å². The van der Waals surface area contributed by atoms with Crippen LogP contribution in [0.25, 0.3) is 0 Å². The number of ether oxygens (including phenoxy) is 1. The Morgan fingerprint density at radius 1 is 1.41 bits per heavy atom. The third-order valence-electron chi connectivity index (χ3n) is 2.09. The molecule has 1 aromatic rings. The van der Waals surface area contributed by atoms with Crippen molar-refractivity contribution in [2.75, 3.05) is 0 Å². The van der Waals surface area contributed by atoms with Gasteiger partial charge in [-0.15, -0.1) is 0 Å². The van der Waals surface area contributed by atoms with E-state index in [4.69, 9.17) is 4.74 Å². The fraction of sp³-hybridized carbons (Fsp3) is 0.462. The predicted molar refractivity (Wildman–Crippen MR) is 64.2 cm³/mol. The van der Waals surface area contributed by atoms with Gasteiger partial charge >= 0.3 is 6.09 Å². The Morgan fingerprint density at radius 2 is 2.06 bits per heavy atom. The summed E-state index contributed by atoms with van der Waals surface area (Å²) in [5.41, 5.74) is 0.472. The standard InChI is InChI=1S/C13H18FNO2/c1-9-6-5-7-10(11(9)14)8-15-12(16)17-13(2,3)4/h5-7H,8H2,1-4H3,(H,15,16). The number of carbonyl (C=O) groups is 1. The van der Waals surface area contributed by atoms with Crippen LogP contribution in [0.4, 0.5) is 9.18 Å². The Bertz CT molecular complexity index is 410. The molecule has 94 valence electrons. The Balaban J connectivity index is 2.56. The Kier molecular flexibility index (Phi) is 4.10. The van der Waals surface area contributed by atoms with E-state index in [1.807, 2.05) is 0 Å². The van der Waals surface area contributed by atoms with Crippen molar-refractivity contribution in [2.45, 2.75) is 39.8 Å². The SMILES string of the molecule is Cc1cccc(CNC(=O)OC(C)(C)C)c1F. The Hall–Kier alpha value is -1.58. The van der Waals surface area contributed by atoms with Gasteiger partial charge in [0.25, 0.3) is 0 Å². The minimum absolute atomic E-state index is 0.127. The van der Waals surface area contributed by atoms with Crippen LogP contribution in [0.15, 0.2) is 18.2 Å². The summed E-state index contributed by atoms with van der Waals surface area (Å²) < 4.78 is 18.7. The second kappa shape index (κ2) is 5.17. The van der Waals surface area contributed by atoms with Crippen molar-refractivity contribution in [3.63, 3.8) is 0 Å². The third-order valence-corrected chi connectivity index (χ3v) is 2.09. The van der Waals surface area contributed by atoms with E-state index in [9.17, 15) is 9.18 Å². The van der Waals surface area contributed by atoms with Gasteiger partial charge in [-0.3, -0.25) is 0 Å². The van der Waals surface area contributed by atoms with E-state index in [0.717, 1.165) is 0 Å². The van der Waals surface area contributed by atoms with Crippen molar-refractivity contribution in [3.8, 4) is 0 Å². The maximum atomic E-state index is 13.6. The van der Waals surface area contributed by atoms with Crippen LogP contribution in [0.3, 0.4) is 0 Å². The molecule has 4 heteroatoms. The molecule has 17 heavy (non-hydrogen) atoms. The highest BCUT2D eigenvalue weighted by Gasteiger charge is 2.16. The van der Waals surface area contributed by atoms with Gasteiger partial charge < -0.3 is 10.1 Å². The molecule has 0 heterocycles. The van der Waals surface area contributed by atoms with Crippen molar-refractivity contribution in [1.82, 2.24) is 5.32 Å². The Morgan fingerprint density at radius 3 is 2.65 bits per heavy atom. The van der Waals surface area contributed by atoms with Gasteiger partial charge in [0.1, 0.15) is 11.4 Å². The van der Waals surface area contributed by atoms with E-state index in [-0.39, 0.29) is 12.4 Å². The summed E-state index contributed by atoms with van der Waals surface area (Å²) in [6.45, 7) is 7.15. The lowest BCUT2D eigenvalue weighted by Crippen LogP contribution is -2.32. The van der Waals surface area contributed by atoms with Crippen molar-refractivity contribution >= 4 is 6.09 Å². The first kappa shape index (κ1) is 13.5. The van der Waals surface area contributed by atoms with E-state index in [1.165, 1.54) is 0 Å². The van der Waals surface area contributed by atoms with Gasteiger partial charge in [-0.25, -0.2) is 9.18 Å². The van der Waals surface area contributed by atoms with Crippen LogP contribution in [-0.2, 0) is 11.3 Å². The lowest BCUT2D eigenvalue weighted by atomic mass is 10.1. The van der Waals surface area contributed by atoms with E-state index in [0.29, 0.717) is 11.1 Å². The fourth-order valence-corrected chi connectivity index (χ4v) is 1.33. The van der Waals surface area contributed by atoms with Crippen LogP contribution in [0.5, 0.6) is 0 Å². The largest absolute Gasteiger partial charge is 0.444 e. The number of benzene rings is 1. The summed E-state index contributed by atoms with van der Waals surface area (Å²) in [5, 5.41) is 2.52. The van der Waals surface area contributed by atoms with Crippen LogP contribution in [0, 0.1) is 12.7 Å². The molecule has 1 amide bonds. The second-order valence-corrected chi connectivity index (χ2v) is 4.90. The number of amides is 1. The first-order valence-electron chi connectivity index (χ1n) is 5.50. The first-order chi connectivity index (χ1) is 7.79. The van der Waals surface area contributed by atoms with Crippen molar-refractivity contribution < 1.29 is 13.9 Å². The summed E-state index contributed by atoms with van der Waals surface area (Å²) in [7, 11) is 0. The molecule has 0 radical (unpaired) electrons. The molecule has 0 saturated heterocycles. The molecule has 0 spiro atoms. The summed E-state index contributed by atoms with van der Waals surface area (Å²) in [5.74, 6) is -0.288. The van der Waals surface area contributed by atoms with Gasteiger partial charge in [-0.05, 0) is 33.3 Å². The zero-order valence-electron chi connectivity index (χ0n) is 10.6. The van der Waals surface area contributed by atoms with Gasteiger partial charge in [-0.2, -0.15) is 0 Å². The highest BCUT2D eigenvalue weighted by atomic mass is 19.1. The molecule has 3 nitrogen and oxygen atoms in total. The molecule has 0 bridgehead atoms. The predicted octanol–water partition coefficient (Wildman–Crippen LogP) is 3.16. The van der Waals surface area contributed by atoms with Crippen LogP contribution < -0.4 is 5.32 Å². The summed E-state index contributed by atoms with van der Waals surface area (Å²) in [6.07, 6.45) is -0.543. The molecule has 1 aromatic carbocycles. The number of hydrogen-bond acceptors (Lipinski definition) is 2. The van der Waals surface area contributed by atoms with Crippen molar-refractivity contribution in [1.29, 1.82) is 0 Å². The van der Waals surface area contributed by atoms with Crippen LogP contribution in [-0.4, -0.2) is 11.7 Å². The van der Waals surface area contributed by atoms with Crippen LogP contribution in [0.2, 0.25) is 0 Å². The average molecular weight is 239 g/mol. The van der Waals surface area contributed by atoms with Gasteiger partial charge in [0, 0.05) is 12.1 Å². The number of carbonyl (C=O) groups excluding carboxylic acids is 1. The summed E-state index contributed by atoms with van der Waals surface area (Å²) >= 11 is 0. The minimum atomic E-state index is -0.546. The number of nitrogens with one attached hydrogen (secondary N) is 1. The smallest absolute Gasteiger partial charge is 0.407 e. The number of alkyl carbamates (subject to hydrolysis) is 1. The molecule has 0 unspecified atom stereocenters. The molecule has 0 fully saturated rings. The van der Waals surface area contributed by atoms with Gasteiger partial charge in [0.05, 0.1) is 0 Å². The maximum Gasteiger partial charge on any atom is 0.407 e. The second-order valence-electron chi connectivity index (χ2n) is 4.90. The van der Waals surface area contributed by atoms with E-state index < -0.39 is 11.7 Å². The molecule has 0 atom stereocenters. The molecule has 0 aliphatic heterocycles. The number of hydrogen-bond donors (Lipinski definition) is 1. The molecule has 0 saturated carbocycles. The first-order valence-corrected chi connectivity index (χ1v) is 5.50.